The van der Waals surface area contributed by atoms with E-state index in [1.54, 1.807) is 50.6 Å². The Morgan fingerprint density at radius 1 is 0.957 bits per heavy atom. The maximum Gasteiger partial charge on any atom is 0.230 e. The van der Waals surface area contributed by atoms with Crippen LogP contribution in [0.15, 0.2) is 42.7 Å². The maximum absolute atomic E-state index is 8.83. The smallest absolute Gasteiger partial charge is 0.230 e. The SMILES string of the molecule is COc1cc2ncnc(Oc3ccc(C#N)cc3)c2cc1OC. The lowest BCUT2D eigenvalue weighted by atomic mass is 10.2. The van der Waals surface area contributed by atoms with Gasteiger partial charge in [-0.1, -0.05) is 0 Å². The molecule has 0 aliphatic rings. The van der Waals surface area contributed by atoms with Crippen LogP contribution >= 0.6 is 0 Å². The van der Waals surface area contributed by atoms with E-state index < -0.39 is 0 Å². The summed E-state index contributed by atoms with van der Waals surface area (Å²) in [6.45, 7) is 0. The molecule has 0 saturated heterocycles. The van der Waals surface area contributed by atoms with Crippen LogP contribution in [-0.4, -0.2) is 24.2 Å². The summed E-state index contributed by atoms with van der Waals surface area (Å²) in [5.74, 6) is 2.14. The Balaban J connectivity index is 2.04. The minimum absolute atomic E-state index is 0.403. The van der Waals surface area contributed by atoms with Gasteiger partial charge in [-0.05, 0) is 30.3 Å². The summed E-state index contributed by atoms with van der Waals surface area (Å²) in [6, 6.07) is 12.4. The Hall–Kier alpha value is -3.33. The van der Waals surface area contributed by atoms with Gasteiger partial charge in [0.15, 0.2) is 11.5 Å². The van der Waals surface area contributed by atoms with Crippen LogP contribution in [0.3, 0.4) is 0 Å². The first kappa shape index (κ1) is 14.6. The lowest BCUT2D eigenvalue weighted by Crippen LogP contribution is -1.95. The number of ether oxygens (including phenoxy) is 3. The first-order valence-corrected chi connectivity index (χ1v) is 6.80. The third-order valence-electron chi connectivity index (χ3n) is 3.30. The predicted octanol–water partition coefficient (Wildman–Crippen LogP) is 3.31. The fourth-order valence-corrected chi connectivity index (χ4v) is 2.15. The van der Waals surface area contributed by atoms with E-state index in [2.05, 4.69) is 16.0 Å². The van der Waals surface area contributed by atoms with E-state index in [1.165, 1.54) is 6.33 Å². The van der Waals surface area contributed by atoms with E-state index in [-0.39, 0.29) is 0 Å². The summed E-state index contributed by atoms with van der Waals surface area (Å²) in [7, 11) is 3.13. The van der Waals surface area contributed by atoms with Crippen LogP contribution < -0.4 is 14.2 Å². The van der Waals surface area contributed by atoms with Crippen molar-refractivity contribution in [3.8, 4) is 29.2 Å². The van der Waals surface area contributed by atoms with Gasteiger partial charge in [0, 0.05) is 6.07 Å². The number of hydrogen-bond donors (Lipinski definition) is 0. The van der Waals surface area contributed by atoms with Crippen LogP contribution in [0.2, 0.25) is 0 Å². The van der Waals surface area contributed by atoms with Gasteiger partial charge in [0.05, 0.1) is 36.8 Å². The molecular weight excluding hydrogens is 294 g/mol. The molecule has 0 atom stereocenters. The highest BCUT2D eigenvalue weighted by Gasteiger charge is 2.12. The Bertz CT molecular complexity index is 886. The zero-order valence-corrected chi connectivity index (χ0v) is 12.6. The van der Waals surface area contributed by atoms with Gasteiger partial charge in [-0.15, -0.1) is 0 Å². The summed E-state index contributed by atoms with van der Waals surface area (Å²) < 4.78 is 16.4. The number of nitrogens with zero attached hydrogens (tertiary/aromatic N) is 3. The van der Waals surface area contributed by atoms with E-state index >= 15 is 0 Å². The van der Waals surface area contributed by atoms with Gasteiger partial charge in [-0.3, -0.25) is 0 Å². The molecule has 0 unspecified atom stereocenters. The molecular formula is C17H13N3O3. The number of aromatic nitrogens is 2. The Morgan fingerprint density at radius 2 is 1.65 bits per heavy atom. The van der Waals surface area contributed by atoms with E-state index in [4.69, 9.17) is 19.5 Å². The molecule has 3 rings (SSSR count). The molecule has 23 heavy (non-hydrogen) atoms. The number of rotatable bonds is 4. The lowest BCUT2D eigenvalue weighted by Gasteiger charge is -2.11. The van der Waals surface area contributed by atoms with Crippen molar-refractivity contribution in [2.75, 3.05) is 14.2 Å². The Labute approximate surface area is 132 Å². The van der Waals surface area contributed by atoms with E-state index in [0.717, 1.165) is 0 Å². The zero-order chi connectivity index (χ0) is 16.2. The number of benzene rings is 2. The largest absolute Gasteiger partial charge is 0.493 e. The van der Waals surface area contributed by atoms with Crippen LogP contribution in [0.4, 0.5) is 0 Å². The van der Waals surface area contributed by atoms with Crippen LogP contribution in [0.5, 0.6) is 23.1 Å². The second-order valence-corrected chi connectivity index (χ2v) is 4.64. The van der Waals surface area contributed by atoms with Crippen molar-refractivity contribution in [3.63, 3.8) is 0 Å². The molecule has 0 aliphatic carbocycles. The van der Waals surface area contributed by atoms with Crippen molar-refractivity contribution in [2.24, 2.45) is 0 Å². The molecule has 0 N–H and O–H groups in total. The number of fused-ring (bicyclic) bond motifs is 1. The fourth-order valence-electron chi connectivity index (χ4n) is 2.15. The van der Waals surface area contributed by atoms with Crippen LogP contribution in [0.25, 0.3) is 10.9 Å². The van der Waals surface area contributed by atoms with Crippen molar-refractivity contribution in [1.82, 2.24) is 9.97 Å². The summed E-state index contributed by atoms with van der Waals surface area (Å²) >= 11 is 0. The van der Waals surface area contributed by atoms with E-state index in [1.807, 2.05) is 0 Å². The first-order valence-electron chi connectivity index (χ1n) is 6.80. The number of hydrogen-bond acceptors (Lipinski definition) is 6. The first-order chi connectivity index (χ1) is 11.2. The molecule has 0 bridgehead atoms. The molecule has 0 aliphatic heterocycles. The molecule has 0 radical (unpaired) electrons. The Morgan fingerprint density at radius 3 is 2.30 bits per heavy atom. The van der Waals surface area contributed by atoms with Gasteiger partial charge in [0.25, 0.3) is 0 Å². The van der Waals surface area contributed by atoms with Crippen molar-refractivity contribution in [2.45, 2.75) is 0 Å². The minimum atomic E-state index is 0.403. The van der Waals surface area contributed by atoms with Crippen LogP contribution in [0.1, 0.15) is 5.56 Å². The van der Waals surface area contributed by atoms with Crippen molar-refractivity contribution < 1.29 is 14.2 Å². The van der Waals surface area contributed by atoms with Gasteiger partial charge in [-0.25, -0.2) is 9.97 Å². The summed E-state index contributed by atoms with van der Waals surface area (Å²) in [5, 5.41) is 9.53. The average molecular weight is 307 g/mol. The molecule has 6 heteroatoms. The number of methoxy groups -OCH3 is 2. The van der Waals surface area contributed by atoms with Crippen molar-refractivity contribution >= 4 is 10.9 Å². The molecule has 0 saturated carbocycles. The molecule has 1 aromatic heterocycles. The van der Waals surface area contributed by atoms with Gasteiger partial charge >= 0.3 is 0 Å². The highest BCUT2D eigenvalue weighted by atomic mass is 16.5. The van der Waals surface area contributed by atoms with E-state index in [9.17, 15) is 0 Å². The quantitative estimate of drug-likeness (QED) is 0.736. The van der Waals surface area contributed by atoms with Crippen LogP contribution in [-0.2, 0) is 0 Å². The highest BCUT2D eigenvalue weighted by Crippen LogP contribution is 2.35. The molecule has 2 aromatic carbocycles. The summed E-state index contributed by atoms with van der Waals surface area (Å²) in [5.41, 5.74) is 1.25. The monoisotopic (exact) mass is 307 g/mol. The van der Waals surface area contributed by atoms with Gasteiger partial charge < -0.3 is 14.2 Å². The standard InChI is InChI=1S/C17H13N3O3/c1-21-15-7-13-14(8-16(15)22-2)19-10-20-17(13)23-12-5-3-11(9-18)4-6-12/h3-8,10H,1-2H3. The minimum Gasteiger partial charge on any atom is -0.493 e. The van der Waals surface area contributed by atoms with Crippen molar-refractivity contribution in [1.29, 1.82) is 5.26 Å². The maximum atomic E-state index is 8.83. The average Bonchev–Trinajstić information content (AvgIpc) is 2.61. The molecule has 0 spiro atoms. The fraction of sp³-hybridized carbons (Fsp3) is 0.118. The summed E-state index contributed by atoms with van der Waals surface area (Å²) in [6.07, 6.45) is 1.42. The third-order valence-corrected chi connectivity index (χ3v) is 3.30. The molecule has 3 aromatic rings. The molecule has 6 nitrogen and oxygen atoms in total. The third kappa shape index (κ3) is 2.85. The molecule has 114 valence electrons. The Kier molecular flexibility index (Phi) is 3.93. The lowest BCUT2D eigenvalue weighted by molar-refractivity contribution is 0.355. The van der Waals surface area contributed by atoms with E-state index in [0.29, 0.717) is 39.6 Å². The van der Waals surface area contributed by atoms with Gasteiger partial charge in [0.2, 0.25) is 5.88 Å². The van der Waals surface area contributed by atoms with Gasteiger partial charge in [0.1, 0.15) is 12.1 Å². The second-order valence-electron chi connectivity index (χ2n) is 4.64. The highest BCUT2D eigenvalue weighted by molar-refractivity contribution is 5.87. The molecule has 0 fully saturated rings. The summed E-state index contributed by atoms with van der Waals surface area (Å²) in [4.78, 5) is 8.41. The normalized spacial score (nSPS) is 10.1. The van der Waals surface area contributed by atoms with Gasteiger partial charge in [-0.2, -0.15) is 5.26 Å². The van der Waals surface area contributed by atoms with Crippen LogP contribution in [0, 0.1) is 11.3 Å². The number of nitriles is 1. The van der Waals surface area contributed by atoms with Crippen molar-refractivity contribution in [3.05, 3.63) is 48.3 Å². The zero-order valence-electron chi connectivity index (χ0n) is 12.6. The second kappa shape index (κ2) is 6.20. The topological polar surface area (TPSA) is 77.3 Å². The predicted molar refractivity (Wildman–Crippen MR) is 83.9 cm³/mol. The molecule has 1 heterocycles. The molecule has 0 amide bonds.